The highest BCUT2D eigenvalue weighted by atomic mass is 16.6. The highest BCUT2D eigenvalue weighted by Gasteiger charge is 2.88. The molecule has 6 spiro atoms. The highest BCUT2D eigenvalue weighted by molar-refractivity contribution is 5.43. The molecule has 0 bridgehead atoms. The minimum Gasteiger partial charge on any atom is -0.458 e. The van der Waals surface area contributed by atoms with Crippen molar-refractivity contribution in [2.75, 3.05) is 21.3 Å². The molecule has 15 aliphatic rings. The van der Waals surface area contributed by atoms with Crippen LogP contribution in [0.15, 0.2) is 36.5 Å². The molecule has 0 aromatic carbocycles. The van der Waals surface area contributed by atoms with Crippen LogP contribution in [-0.2, 0) is 42.8 Å². The molecule has 0 heterocycles. The van der Waals surface area contributed by atoms with Gasteiger partial charge in [-0.25, -0.2) is 0 Å². The van der Waals surface area contributed by atoms with Crippen LogP contribution in [0.3, 0.4) is 0 Å². The molecule has 15 rings (SSSR count). The predicted octanol–water partition coefficient (Wildman–Crippen LogP) is 17.0. The van der Waals surface area contributed by atoms with Crippen LogP contribution < -0.4 is 0 Å². The molecule has 0 radical (unpaired) electrons. The zero-order valence-electron chi connectivity index (χ0n) is 70.7. The van der Waals surface area contributed by atoms with Gasteiger partial charge < -0.3 is 59.1 Å². The van der Waals surface area contributed by atoms with Gasteiger partial charge in [-0.2, -0.15) is 0 Å². The fraction of sp³-hybridized carbons (Fsp3) is 0.903. The van der Waals surface area contributed by atoms with Crippen molar-refractivity contribution in [1.82, 2.24) is 0 Å². The Morgan fingerprint density at radius 2 is 0.713 bits per heavy atom. The third-order valence-electron chi connectivity index (χ3n) is 40.1. The van der Waals surface area contributed by atoms with E-state index in [9.17, 15) is 45.0 Å². The average molecular weight is 1510 g/mol. The maximum atomic E-state index is 11.9. The van der Waals surface area contributed by atoms with Crippen molar-refractivity contribution >= 4 is 19.4 Å². The van der Waals surface area contributed by atoms with Gasteiger partial charge in [0.25, 0.3) is 19.4 Å². The lowest BCUT2D eigenvalue weighted by Crippen LogP contribution is -2.64. The number of allylic oxidation sites excluding steroid dienone is 1. The Hall–Kier alpha value is -2.73. The number of hydrogen-bond donors (Lipinski definition) is 6. The summed E-state index contributed by atoms with van der Waals surface area (Å²) in [5.41, 5.74) is 0.869. The topological polar surface area (TPSA) is 228 Å². The molecule has 0 aliphatic heterocycles. The lowest BCUT2D eigenvalue weighted by atomic mass is 9.42. The zero-order valence-corrected chi connectivity index (χ0v) is 70.7. The molecule has 612 valence electrons. The number of aliphatic hydroxyl groups is 6. The van der Waals surface area contributed by atoms with Crippen molar-refractivity contribution in [2.45, 2.75) is 368 Å². The minimum atomic E-state index is -0.898. The van der Waals surface area contributed by atoms with Crippen molar-refractivity contribution < 1.29 is 73.4 Å². The van der Waals surface area contributed by atoms with Crippen molar-refractivity contribution in [2.24, 2.45) is 136 Å². The van der Waals surface area contributed by atoms with E-state index >= 15 is 0 Å². The van der Waals surface area contributed by atoms with Crippen LogP contribution in [0.1, 0.15) is 297 Å². The number of carbonyl (C=O) groups excluding carboxylic acids is 3. The number of fused-ring (bicyclic) bond motifs is 6. The van der Waals surface area contributed by atoms with Crippen LogP contribution in [0.25, 0.3) is 0 Å². The van der Waals surface area contributed by atoms with E-state index in [1.54, 1.807) is 21.3 Å². The molecule has 0 saturated heterocycles. The lowest BCUT2D eigenvalue weighted by molar-refractivity contribution is -0.230. The molecular weight excluding hydrogens is 1360 g/mol. The Kier molecular flexibility index (Phi) is 21.6. The molecular formula is C93H150O15. The summed E-state index contributed by atoms with van der Waals surface area (Å²) >= 11 is 0. The van der Waals surface area contributed by atoms with Gasteiger partial charge >= 0.3 is 0 Å². The number of hydrogen-bond acceptors (Lipinski definition) is 15. The largest absolute Gasteiger partial charge is 0.458 e. The van der Waals surface area contributed by atoms with E-state index in [-0.39, 0.29) is 118 Å². The van der Waals surface area contributed by atoms with Gasteiger partial charge in [0.15, 0.2) is 0 Å². The van der Waals surface area contributed by atoms with Crippen molar-refractivity contribution in [3.63, 3.8) is 0 Å². The van der Waals surface area contributed by atoms with Gasteiger partial charge in [0.05, 0.1) is 54.4 Å². The molecule has 15 fully saturated rings. The third kappa shape index (κ3) is 11.4. The van der Waals surface area contributed by atoms with E-state index in [1.807, 2.05) is 20.8 Å². The number of rotatable bonds is 23. The number of ether oxygens (including phenoxy) is 6. The summed E-state index contributed by atoms with van der Waals surface area (Å²) in [4.78, 5) is 34.4. The Labute approximate surface area is 651 Å². The molecule has 35 atom stereocenters. The SMILES string of the molecule is C=C(C)[C@@H](CC[C@H](C)[C@@H]1CC[C@]2(C)[C@H]3[C@H](O)C[C@@H]4[C@@](C)(OC=O)[C@H](O)CC[C@]45C[C@]35CC[C@@]12C)OC.C=C(C)[C@H](CC[C@H](C)[C@@H]1CC[C@]2(C)[C@H]3[C@H](O)C[C@@H]4[C@@](C)(OC=O)[C@H](O)CC[C@]45C[C@]35CC[C@@]12C)OC.COC(C)(C)/C=C/C[C@H](C)[C@@H]1CC[C@]2(C)[C@H]3[C@H](O)C[C@@H]4[C@@](C)(OC=O)[C@H](O)CC[C@]45C[C@]35CC[C@@]12C. The summed E-state index contributed by atoms with van der Waals surface area (Å²) in [6.07, 6.45) is 31.6. The summed E-state index contributed by atoms with van der Waals surface area (Å²) in [6, 6.07) is 0. The predicted molar refractivity (Wildman–Crippen MR) is 420 cm³/mol. The van der Waals surface area contributed by atoms with Gasteiger partial charge in [-0.05, 0) is 353 Å². The summed E-state index contributed by atoms with van der Waals surface area (Å²) in [5, 5.41) is 68.4. The van der Waals surface area contributed by atoms with E-state index in [1.165, 1.54) is 57.8 Å². The van der Waals surface area contributed by atoms with Gasteiger partial charge in [-0.15, -0.1) is 0 Å². The summed E-state index contributed by atoms with van der Waals surface area (Å²) in [5.74, 6) is 4.71. The first-order chi connectivity index (χ1) is 50.5. The second-order valence-corrected chi connectivity index (χ2v) is 43.4. The van der Waals surface area contributed by atoms with Gasteiger partial charge in [-0.1, -0.05) is 98.8 Å². The van der Waals surface area contributed by atoms with Crippen LogP contribution in [0.2, 0.25) is 0 Å². The smallest absolute Gasteiger partial charge is 0.293 e. The van der Waals surface area contributed by atoms with Crippen LogP contribution in [0.5, 0.6) is 0 Å². The molecule has 15 nitrogen and oxygen atoms in total. The first-order valence-corrected chi connectivity index (χ1v) is 43.5. The molecule has 6 N–H and O–H groups in total. The Balaban J connectivity index is 0.000000143. The molecule has 0 amide bonds. The fourth-order valence-electron chi connectivity index (χ4n) is 33.9. The van der Waals surface area contributed by atoms with E-state index in [4.69, 9.17) is 28.4 Å². The van der Waals surface area contributed by atoms with Gasteiger partial charge in [0, 0.05) is 39.1 Å². The summed E-state index contributed by atoms with van der Waals surface area (Å²) < 4.78 is 33.9. The minimum absolute atomic E-state index is 0.0300. The van der Waals surface area contributed by atoms with Crippen LogP contribution in [0.4, 0.5) is 0 Å². The molecule has 0 unspecified atom stereocenters. The Bertz CT molecular complexity index is 3270. The van der Waals surface area contributed by atoms with Crippen molar-refractivity contribution in [1.29, 1.82) is 0 Å². The van der Waals surface area contributed by atoms with Crippen LogP contribution in [-0.4, -0.2) is 143 Å². The number of carbonyl (C=O) groups is 3. The maximum absolute atomic E-state index is 11.9. The molecule has 0 aromatic rings. The standard InChI is InChI=1S/3C31H50O5/c2*1-19(2)23(35-7)9-8-20(3)21-10-12-28(5)26-22(33)16-24-29(6,36-18-32)25(34)11-13-30(24)17-31(26,30)15-14-27(21,28)4;1-20(9-8-12-26(2,3)35-7)21-10-13-28(5)25-22(33)17-23-29(6,36-19-32)24(34)11-14-30(23)18-31(25,30)16-15-27(21,28)4/h2*18,20-26,33-34H,1,8-17H2,2-7H3;8,12,19-25,33-34H,9-11,13-18H2,1-7H3/b;;12-8+/t20-,21-,22+,23+,24+,25+,26+,27-,28+,29+,30-,31+;20-,21-,22+,23-,24+,25+,26+,27-,28+,29+,30-,31+;20-,21-,22+,23+,24+,25+,27-,28+,29+,30-,31+/m000/s1. The zero-order chi connectivity index (χ0) is 79.0. The third-order valence-corrected chi connectivity index (χ3v) is 40.1. The van der Waals surface area contributed by atoms with E-state index in [0.29, 0.717) is 93.4 Å². The summed E-state index contributed by atoms with van der Waals surface area (Å²) in [6.45, 7) is 46.3. The molecule has 15 heteroatoms. The van der Waals surface area contributed by atoms with Gasteiger partial charge in [0.1, 0.15) is 16.8 Å². The van der Waals surface area contributed by atoms with E-state index in [2.05, 4.69) is 115 Å². The summed E-state index contributed by atoms with van der Waals surface area (Å²) in [7, 11) is 5.34. The second kappa shape index (κ2) is 28.0. The van der Waals surface area contributed by atoms with Gasteiger partial charge in [0.2, 0.25) is 0 Å². The molecule has 15 aliphatic carbocycles. The Morgan fingerprint density at radius 1 is 0.417 bits per heavy atom. The average Bonchev–Trinajstić information content (AvgIpc) is 1.47. The first-order valence-electron chi connectivity index (χ1n) is 43.5. The highest BCUT2D eigenvalue weighted by Crippen LogP contribution is 2.92. The lowest BCUT2D eigenvalue weighted by Gasteiger charge is -2.64. The quantitative estimate of drug-likeness (QED) is 0.0318. The molecule has 0 aromatic heterocycles. The monoisotopic (exact) mass is 1510 g/mol. The number of aliphatic hydroxyl groups excluding tert-OH is 6. The normalized spacial score (nSPS) is 52.7. The first kappa shape index (κ1) is 83.2. The van der Waals surface area contributed by atoms with E-state index < -0.39 is 53.4 Å². The fourth-order valence-corrected chi connectivity index (χ4v) is 33.9. The second-order valence-electron chi connectivity index (χ2n) is 43.4. The van der Waals surface area contributed by atoms with E-state index in [0.717, 1.165) is 101 Å². The Morgan fingerprint density at radius 3 is 0.981 bits per heavy atom. The van der Waals surface area contributed by atoms with Crippen LogP contribution in [0, 0.1) is 136 Å². The van der Waals surface area contributed by atoms with Crippen LogP contribution >= 0.6 is 0 Å². The van der Waals surface area contributed by atoms with Crippen molar-refractivity contribution in [3.8, 4) is 0 Å². The molecule has 15 saturated carbocycles. The molecule has 108 heavy (non-hydrogen) atoms. The number of methoxy groups -OCH3 is 3. The maximum Gasteiger partial charge on any atom is 0.293 e. The van der Waals surface area contributed by atoms with Gasteiger partial charge in [-0.3, -0.25) is 14.4 Å². The van der Waals surface area contributed by atoms with Crippen molar-refractivity contribution in [3.05, 3.63) is 36.5 Å².